The first-order valence-electron chi connectivity index (χ1n) is 12.5. The second kappa shape index (κ2) is 11.5. The zero-order chi connectivity index (χ0) is 26.5. The summed E-state index contributed by atoms with van der Waals surface area (Å²) in [5, 5.41) is 9.84. The van der Waals surface area contributed by atoms with Crippen molar-refractivity contribution in [2.24, 2.45) is 5.92 Å². The van der Waals surface area contributed by atoms with Crippen molar-refractivity contribution in [2.45, 2.75) is 45.8 Å². The molecule has 0 aliphatic carbocycles. The largest absolute Gasteiger partial charge is 0.472 e. The van der Waals surface area contributed by atoms with E-state index in [1.165, 1.54) is 0 Å². The maximum Gasteiger partial charge on any atom is 0.259 e. The third-order valence-electron chi connectivity index (χ3n) is 6.55. The van der Waals surface area contributed by atoms with Gasteiger partial charge < -0.3 is 29.1 Å². The van der Waals surface area contributed by atoms with Gasteiger partial charge in [0.05, 0.1) is 19.2 Å². The molecule has 2 aliphatic rings. The quantitative estimate of drug-likeness (QED) is 0.600. The molecule has 0 saturated heterocycles. The van der Waals surface area contributed by atoms with Crippen molar-refractivity contribution < 1.29 is 28.9 Å². The monoisotopic (exact) mass is 507 g/mol. The minimum Gasteiger partial charge on any atom is -0.472 e. The van der Waals surface area contributed by atoms with Gasteiger partial charge in [-0.25, -0.2) is 4.98 Å². The van der Waals surface area contributed by atoms with Gasteiger partial charge >= 0.3 is 0 Å². The van der Waals surface area contributed by atoms with E-state index in [9.17, 15) is 14.7 Å². The highest BCUT2D eigenvalue weighted by atomic mass is 16.7. The molecule has 0 bridgehead atoms. The van der Waals surface area contributed by atoms with Crippen LogP contribution in [0.3, 0.4) is 0 Å². The Bertz CT molecular complexity index is 1220. The second-order valence-corrected chi connectivity index (χ2v) is 9.50. The molecule has 0 fully saturated rings. The Kier molecular flexibility index (Phi) is 8.19. The molecule has 2 aliphatic heterocycles. The molecule has 3 atom stereocenters. The predicted molar refractivity (Wildman–Crippen MR) is 137 cm³/mol. The van der Waals surface area contributed by atoms with Crippen LogP contribution in [0.2, 0.25) is 0 Å². The van der Waals surface area contributed by atoms with Crippen molar-refractivity contribution in [3.63, 3.8) is 0 Å². The van der Waals surface area contributed by atoms with Crippen molar-refractivity contribution in [3.05, 3.63) is 47.2 Å². The predicted octanol–water partition coefficient (Wildman–Crippen LogP) is 2.95. The van der Waals surface area contributed by atoms with Gasteiger partial charge in [-0.2, -0.15) is 0 Å². The Morgan fingerprint density at radius 1 is 1.30 bits per heavy atom. The van der Waals surface area contributed by atoms with Gasteiger partial charge in [0, 0.05) is 43.3 Å². The number of carbonyl (C=O) groups is 2. The number of carbonyl (C=O) groups excluding carboxylic acids is 2. The molecule has 2 aromatic rings. The third-order valence-corrected chi connectivity index (χ3v) is 6.55. The second-order valence-electron chi connectivity index (χ2n) is 9.50. The summed E-state index contributed by atoms with van der Waals surface area (Å²) in [6.45, 7) is 6.39. The number of aromatic nitrogens is 1. The number of rotatable bonds is 6. The van der Waals surface area contributed by atoms with Gasteiger partial charge in [0.2, 0.25) is 12.7 Å². The van der Waals surface area contributed by atoms with E-state index < -0.39 is 12.1 Å². The van der Waals surface area contributed by atoms with Gasteiger partial charge in [-0.3, -0.25) is 9.59 Å². The molecule has 1 aromatic carbocycles. The molecule has 0 spiro atoms. The highest BCUT2D eigenvalue weighted by Gasteiger charge is 2.35. The molecular weight excluding hydrogens is 474 g/mol. The van der Waals surface area contributed by atoms with Gasteiger partial charge in [0.25, 0.3) is 11.8 Å². The lowest BCUT2D eigenvalue weighted by Crippen LogP contribution is -2.50. The molecule has 1 N–H and O–H groups in total. The Balaban J connectivity index is 1.61. The normalized spacial score (nSPS) is 19.1. The molecule has 3 heterocycles. The minimum atomic E-state index is -0.451. The number of hydrogen-bond acceptors (Lipinski definition) is 7. The van der Waals surface area contributed by atoms with Crippen LogP contribution in [-0.2, 0) is 0 Å². The molecule has 0 radical (unpaired) electrons. The summed E-state index contributed by atoms with van der Waals surface area (Å²) < 4.78 is 17.0. The average molecular weight is 508 g/mol. The summed E-state index contributed by atoms with van der Waals surface area (Å²) in [6, 6.07) is 6.39. The van der Waals surface area contributed by atoms with Crippen LogP contribution in [0.15, 0.2) is 30.5 Å². The van der Waals surface area contributed by atoms with Gasteiger partial charge in [0.1, 0.15) is 11.7 Å². The van der Waals surface area contributed by atoms with Crippen LogP contribution in [0.25, 0.3) is 0 Å². The number of aliphatic hydroxyl groups excluding tert-OH is 1. The van der Waals surface area contributed by atoms with Crippen molar-refractivity contribution in [3.8, 4) is 29.2 Å². The molecule has 4 rings (SSSR count). The number of pyridine rings is 1. The van der Waals surface area contributed by atoms with Crippen LogP contribution in [0.4, 0.5) is 0 Å². The highest BCUT2D eigenvalue weighted by molar-refractivity contribution is 5.97. The van der Waals surface area contributed by atoms with Crippen LogP contribution < -0.4 is 14.2 Å². The molecular formula is C28H33N3O6. The third kappa shape index (κ3) is 5.81. The van der Waals surface area contributed by atoms with E-state index in [0.29, 0.717) is 34.7 Å². The molecule has 37 heavy (non-hydrogen) atoms. The van der Waals surface area contributed by atoms with Gasteiger partial charge in [0.15, 0.2) is 11.5 Å². The highest BCUT2D eigenvalue weighted by Crippen LogP contribution is 2.33. The van der Waals surface area contributed by atoms with E-state index >= 15 is 0 Å². The lowest BCUT2D eigenvalue weighted by molar-refractivity contribution is 0.0313. The molecule has 9 nitrogen and oxygen atoms in total. The fraction of sp³-hybridized carbons (Fsp3) is 0.464. The van der Waals surface area contributed by atoms with E-state index in [0.717, 1.165) is 12.8 Å². The summed E-state index contributed by atoms with van der Waals surface area (Å²) in [5.41, 5.74) is 1.40. The van der Waals surface area contributed by atoms with Gasteiger partial charge in [-0.15, -0.1) is 0 Å². The summed E-state index contributed by atoms with van der Waals surface area (Å²) >= 11 is 0. The van der Waals surface area contributed by atoms with Crippen molar-refractivity contribution in [2.75, 3.05) is 33.5 Å². The zero-order valence-corrected chi connectivity index (χ0v) is 21.7. The summed E-state index contributed by atoms with van der Waals surface area (Å²) in [5.74, 6) is 6.87. The van der Waals surface area contributed by atoms with E-state index in [1.54, 1.807) is 54.2 Å². The maximum atomic E-state index is 13.5. The van der Waals surface area contributed by atoms with Crippen molar-refractivity contribution in [1.29, 1.82) is 0 Å². The molecule has 2 amide bonds. The molecule has 0 unspecified atom stereocenters. The number of unbranched alkanes of at least 4 members (excludes halogenated alkanes) is 1. The van der Waals surface area contributed by atoms with Gasteiger partial charge in [-0.05, 0) is 37.6 Å². The molecule has 1 aromatic heterocycles. The number of aliphatic hydroxyl groups is 1. The van der Waals surface area contributed by atoms with E-state index in [1.807, 2.05) is 6.92 Å². The molecule has 196 valence electrons. The topological polar surface area (TPSA) is 101 Å². The lowest BCUT2D eigenvalue weighted by atomic mass is 9.99. The standard InChI is InChI=1S/C28H33N3O6/c1-5-6-7-8-20-11-22-26(29-13-20)37-25(18(2)14-31(28(22)34)19(3)16-32)15-30(4)27(33)21-9-10-23-24(12-21)36-17-35-23/h9-13,18-19,25,32H,5-6,14-17H2,1-4H3/t18-,19-,25+/m0/s1. The van der Waals surface area contributed by atoms with Crippen molar-refractivity contribution >= 4 is 11.8 Å². The number of likely N-dealkylation sites (N-methyl/N-ethyl adjacent to an activating group) is 1. The van der Waals surface area contributed by atoms with Crippen LogP contribution in [0.5, 0.6) is 17.4 Å². The Morgan fingerprint density at radius 3 is 2.84 bits per heavy atom. The SMILES string of the molecule is CCCC#Cc1cnc2c(c1)C(=O)N([C@@H](C)CO)C[C@H](C)[C@@H](CN(C)C(=O)c1ccc3c(c1)OCO3)O2. The Morgan fingerprint density at radius 2 is 2.08 bits per heavy atom. The van der Waals surface area contributed by atoms with Crippen LogP contribution in [-0.4, -0.2) is 77.4 Å². The number of nitrogens with zero attached hydrogens (tertiary/aromatic N) is 3. The Hall–Kier alpha value is -3.77. The zero-order valence-electron chi connectivity index (χ0n) is 21.7. The molecule has 0 saturated carbocycles. The van der Waals surface area contributed by atoms with E-state index in [2.05, 4.69) is 23.7 Å². The summed E-state index contributed by atoms with van der Waals surface area (Å²) in [4.78, 5) is 34.4. The van der Waals surface area contributed by atoms with Crippen molar-refractivity contribution in [1.82, 2.24) is 14.8 Å². The first-order chi connectivity index (χ1) is 17.8. The first-order valence-corrected chi connectivity index (χ1v) is 12.5. The summed E-state index contributed by atoms with van der Waals surface area (Å²) in [7, 11) is 1.71. The average Bonchev–Trinajstić information content (AvgIpc) is 3.38. The number of hydrogen-bond donors (Lipinski definition) is 1. The fourth-order valence-electron chi connectivity index (χ4n) is 4.28. The maximum absolute atomic E-state index is 13.5. The number of ether oxygens (including phenoxy) is 3. The number of fused-ring (bicyclic) bond motifs is 2. The summed E-state index contributed by atoms with van der Waals surface area (Å²) in [6.07, 6.45) is 2.83. The molecule has 9 heteroatoms. The van der Waals surface area contributed by atoms with E-state index in [4.69, 9.17) is 14.2 Å². The van der Waals surface area contributed by atoms with E-state index in [-0.39, 0.29) is 43.6 Å². The first kappa shape index (κ1) is 26.3. The number of amides is 2. The van der Waals surface area contributed by atoms with Crippen LogP contribution in [0.1, 0.15) is 59.9 Å². The van der Waals surface area contributed by atoms with Crippen LogP contribution in [0, 0.1) is 17.8 Å². The smallest absolute Gasteiger partial charge is 0.259 e. The minimum absolute atomic E-state index is 0.135. The number of benzene rings is 1. The van der Waals surface area contributed by atoms with Crippen LogP contribution >= 0.6 is 0 Å². The Labute approximate surface area is 217 Å². The van der Waals surface area contributed by atoms with Gasteiger partial charge in [-0.1, -0.05) is 25.7 Å². The lowest BCUT2D eigenvalue weighted by Gasteiger charge is -2.37. The fourth-order valence-corrected chi connectivity index (χ4v) is 4.28.